The smallest absolute Gasteiger partial charge is 0.271 e. The molecule has 0 aliphatic carbocycles. The predicted octanol–water partition coefficient (Wildman–Crippen LogP) is 4.21. The van der Waals surface area contributed by atoms with Crippen LogP contribution in [0.2, 0.25) is 0 Å². The second kappa shape index (κ2) is 15.2. The largest absolute Gasteiger partial charge is 0.338 e. The number of unbranched alkanes of at least 4 members (excludes halogenated alkanes) is 2. The maximum absolute atomic E-state index is 13.1. The summed E-state index contributed by atoms with van der Waals surface area (Å²) in [5.74, 6) is -1.10. The van der Waals surface area contributed by atoms with Crippen LogP contribution in [0.5, 0.6) is 0 Å². The number of amides is 3. The first kappa shape index (κ1) is 27.5. The van der Waals surface area contributed by atoms with Gasteiger partial charge in [0.05, 0.1) is 18.6 Å². The third-order valence-electron chi connectivity index (χ3n) is 5.45. The summed E-state index contributed by atoms with van der Waals surface area (Å²) in [6.07, 6.45) is 4.65. The molecular formula is C25H33BrN4O4. The van der Waals surface area contributed by atoms with Gasteiger partial charge in [0.1, 0.15) is 16.9 Å². The number of hydrogen-bond acceptors (Lipinski definition) is 5. The highest BCUT2D eigenvalue weighted by atomic mass is 79.9. The van der Waals surface area contributed by atoms with Crippen LogP contribution in [0, 0.1) is 5.92 Å². The number of hydroxylamine groups is 2. The molecular weight excluding hydrogens is 500 g/mol. The molecule has 2 atom stereocenters. The van der Waals surface area contributed by atoms with E-state index in [0.29, 0.717) is 23.9 Å². The molecule has 184 valence electrons. The molecule has 1 heterocycles. The number of nitrogens with one attached hydrogen (secondary N) is 2. The summed E-state index contributed by atoms with van der Waals surface area (Å²) in [6, 6.07) is 14.1. The lowest BCUT2D eigenvalue weighted by Crippen LogP contribution is -2.48. The number of benzene rings is 1. The lowest BCUT2D eigenvalue weighted by molar-refractivity contribution is -0.200. The van der Waals surface area contributed by atoms with Gasteiger partial charge in [0.2, 0.25) is 12.3 Å². The minimum Gasteiger partial charge on any atom is -0.338 e. The van der Waals surface area contributed by atoms with E-state index in [0.717, 1.165) is 24.8 Å². The maximum atomic E-state index is 13.1. The number of nitrogens with zero attached hydrogens (tertiary/aromatic N) is 2. The van der Waals surface area contributed by atoms with E-state index < -0.39 is 17.9 Å². The molecule has 0 aliphatic rings. The molecule has 0 bridgehead atoms. The van der Waals surface area contributed by atoms with Crippen molar-refractivity contribution < 1.29 is 19.2 Å². The highest BCUT2D eigenvalue weighted by Gasteiger charge is 2.32. The van der Waals surface area contributed by atoms with Crippen molar-refractivity contribution in [3.8, 4) is 0 Å². The van der Waals surface area contributed by atoms with Crippen LogP contribution in [0.4, 0.5) is 0 Å². The zero-order valence-electron chi connectivity index (χ0n) is 19.7. The highest BCUT2D eigenvalue weighted by Crippen LogP contribution is 2.22. The van der Waals surface area contributed by atoms with E-state index >= 15 is 0 Å². The molecule has 2 aromatic rings. The van der Waals surface area contributed by atoms with Gasteiger partial charge in [-0.3, -0.25) is 19.2 Å². The fraction of sp³-hybridized carbons (Fsp3) is 0.440. The number of hydrogen-bond donors (Lipinski definition) is 2. The van der Waals surface area contributed by atoms with E-state index in [2.05, 4.69) is 38.5 Å². The average molecular weight is 533 g/mol. The Morgan fingerprint density at radius 2 is 1.85 bits per heavy atom. The molecule has 0 spiro atoms. The van der Waals surface area contributed by atoms with Gasteiger partial charge in [0, 0.05) is 0 Å². The van der Waals surface area contributed by atoms with E-state index in [1.807, 2.05) is 37.3 Å². The first-order valence-electron chi connectivity index (χ1n) is 11.6. The first-order valence-corrected chi connectivity index (χ1v) is 12.4. The van der Waals surface area contributed by atoms with Crippen molar-refractivity contribution in [3.63, 3.8) is 0 Å². The number of halogens is 1. The molecule has 0 saturated carbocycles. The number of aromatic nitrogens is 1. The SMILES string of the molecule is CCCCC[C@@H](C(=O)NCNC(=O)c1cccc(Br)n1)[C@@H](CC)N(C=O)OCc1ccccc1. The zero-order chi connectivity index (χ0) is 24.8. The summed E-state index contributed by atoms with van der Waals surface area (Å²) in [5.41, 5.74) is 1.18. The maximum Gasteiger partial charge on any atom is 0.271 e. The summed E-state index contributed by atoms with van der Waals surface area (Å²) in [4.78, 5) is 47.2. The molecule has 8 nitrogen and oxygen atoms in total. The van der Waals surface area contributed by atoms with Gasteiger partial charge in [-0.05, 0) is 46.5 Å². The Kier molecular flexibility index (Phi) is 12.3. The van der Waals surface area contributed by atoms with Gasteiger partial charge in [-0.1, -0.05) is 69.5 Å². The Balaban J connectivity index is 2.02. The molecule has 34 heavy (non-hydrogen) atoms. The number of pyridine rings is 1. The zero-order valence-corrected chi connectivity index (χ0v) is 21.3. The summed E-state index contributed by atoms with van der Waals surface area (Å²) < 4.78 is 0.551. The van der Waals surface area contributed by atoms with Crippen LogP contribution >= 0.6 is 15.9 Å². The molecule has 1 aromatic carbocycles. The normalized spacial score (nSPS) is 12.4. The van der Waals surface area contributed by atoms with E-state index in [1.165, 1.54) is 5.06 Å². The lowest BCUT2D eigenvalue weighted by Gasteiger charge is -2.32. The lowest BCUT2D eigenvalue weighted by atomic mass is 9.90. The van der Waals surface area contributed by atoms with Crippen LogP contribution in [-0.4, -0.2) is 41.0 Å². The molecule has 2 rings (SSSR count). The Labute approximate surface area is 209 Å². The van der Waals surface area contributed by atoms with Crippen molar-refractivity contribution in [1.29, 1.82) is 0 Å². The summed E-state index contributed by atoms with van der Waals surface area (Å²) in [7, 11) is 0. The standard InChI is InChI=1S/C25H33BrN4O4/c1-3-5-7-13-20(22(4-2)30(18-31)34-16-19-11-8-6-9-12-19)24(32)27-17-28-25(33)21-14-10-15-23(26)29-21/h6,8-12,14-15,18,20,22H,3-5,7,13,16-17H2,1-2H3,(H,27,32)(H,28,33)/t20-,22-/m1/s1. The Morgan fingerprint density at radius 1 is 1.09 bits per heavy atom. The van der Waals surface area contributed by atoms with Gasteiger partial charge in [-0.25, -0.2) is 10.0 Å². The summed E-state index contributed by atoms with van der Waals surface area (Å²) in [6.45, 7) is 4.21. The molecule has 0 aliphatic heterocycles. The summed E-state index contributed by atoms with van der Waals surface area (Å²) >= 11 is 3.24. The molecule has 0 fully saturated rings. The Morgan fingerprint density at radius 3 is 2.50 bits per heavy atom. The minimum absolute atomic E-state index is 0.0431. The quantitative estimate of drug-likeness (QED) is 0.117. The third kappa shape index (κ3) is 8.87. The Bertz CT molecular complexity index is 913. The van der Waals surface area contributed by atoms with Gasteiger partial charge in [0.15, 0.2) is 0 Å². The average Bonchev–Trinajstić information content (AvgIpc) is 2.85. The van der Waals surface area contributed by atoms with Gasteiger partial charge in [-0.15, -0.1) is 0 Å². The first-order chi connectivity index (χ1) is 16.5. The van der Waals surface area contributed by atoms with E-state index in [4.69, 9.17) is 4.84 Å². The van der Waals surface area contributed by atoms with Gasteiger partial charge >= 0.3 is 0 Å². The third-order valence-corrected chi connectivity index (χ3v) is 5.89. The topological polar surface area (TPSA) is 101 Å². The van der Waals surface area contributed by atoms with Gasteiger partial charge in [0.25, 0.3) is 5.91 Å². The van der Waals surface area contributed by atoms with Crippen LogP contribution < -0.4 is 10.6 Å². The molecule has 1 aromatic heterocycles. The van der Waals surface area contributed by atoms with E-state index in [9.17, 15) is 14.4 Å². The van der Waals surface area contributed by atoms with Crippen LogP contribution in [0.3, 0.4) is 0 Å². The van der Waals surface area contributed by atoms with Crippen molar-refractivity contribution in [2.24, 2.45) is 5.92 Å². The number of carbonyl (C=O) groups is 3. The highest BCUT2D eigenvalue weighted by molar-refractivity contribution is 9.10. The monoisotopic (exact) mass is 532 g/mol. The van der Waals surface area contributed by atoms with Crippen molar-refractivity contribution in [3.05, 3.63) is 64.4 Å². The van der Waals surface area contributed by atoms with E-state index in [-0.39, 0.29) is 24.9 Å². The van der Waals surface area contributed by atoms with Crippen molar-refractivity contribution in [2.75, 3.05) is 6.67 Å². The fourth-order valence-corrected chi connectivity index (χ4v) is 3.99. The van der Waals surface area contributed by atoms with Crippen LogP contribution in [0.1, 0.15) is 62.0 Å². The van der Waals surface area contributed by atoms with Crippen molar-refractivity contribution in [2.45, 2.75) is 58.6 Å². The molecule has 0 saturated heterocycles. The van der Waals surface area contributed by atoms with Gasteiger partial charge in [-0.2, -0.15) is 0 Å². The molecule has 9 heteroatoms. The molecule has 2 N–H and O–H groups in total. The Hall–Kier alpha value is -2.78. The van der Waals surface area contributed by atoms with Gasteiger partial charge < -0.3 is 10.6 Å². The van der Waals surface area contributed by atoms with Crippen LogP contribution in [-0.2, 0) is 21.0 Å². The van der Waals surface area contributed by atoms with E-state index in [1.54, 1.807) is 18.2 Å². The number of carbonyl (C=O) groups excluding carboxylic acids is 3. The van der Waals surface area contributed by atoms with Crippen molar-refractivity contribution >= 4 is 34.2 Å². The van der Waals surface area contributed by atoms with Crippen LogP contribution in [0.25, 0.3) is 0 Å². The minimum atomic E-state index is -0.474. The molecule has 0 radical (unpaired) electrons. The summed E-state index contributed by atoms with van der Waals surface area (Å²) in [5, 5.41) is 6.70. The van der Waals surface area contributed by atoms with Crippen molar-refractivity contribution in [1.82, 2.24) is 20.7 Å². The molecule has 3 amide bonds. The predicted molar refractivity (Wildman–Crippen MR) is 133 cm³/mol. The second-order valence-corrected chi connectivity index (χ2v) is 8.68. The fourth-order valence-electron chi connectivity index (χ4n) is 3.65. The molecule has 0 unspecified atom stereocenters. The number of rotatable bonds is 15. The van der Waals surface area contributed by atoms with Crippen LogP contribution in [0.15, 0.2) is 53.1 Å². The second-order valence-electron chi connectivity index (χ2n) is 7.87.